The van der Waals surface area contributed by atoms with E-state index < -0.39 is 11.5 Å². The Hall–Kier alpha value is -2.60. The number of aliphatic hydroxyl groups is 1. The zero-order valence-electron chi connectivity index (χ0n) is 15.8. The van der Waals surface area contributed by atoms with Crippen LogP contribution in [0.25, 0.3) is 0 Å². The lowest BCUT2D eigenvalue weighted by Crippen LogP contribution is -2.59. The second kappa shape index (κ2) is 6.48. The molecule has 1 aromatic heterocycles. The fraction of sp³-hybridized carbons (Fsp3) is 0.455. The average Bonchev–Trinajstić information content (AvgIpc) is 2.64. The highest BCUT2D eigenvalue weighted by Crippen LogP contribution is 2.56. The van der Waals surface area contributed by atoms with Gasteiger partial charge in [-0.25, -0.2) is 4.98 Å². The van der Waals surface area contributed by atoms with E-state index in [1.54, 1.807) is 6.20 Å². The summed E-state index contributed by atoms with van der Waals surface area (Å²) in [6.07, 6.45) is 6.51. The molecule has 5 atom stereocenters. The Bertz CT molecular complexity index is 885. The lowest BCUT2D eigenvalue weighted by atomic mass is 9.52. The molecular weight excluding hydrogens is 352 g/mol. The van der Waals surface area contributed by atoms with Crippen molar-refractivity contribution >= 4 is 23.1 Å². The number of carbonyl (C=O) groups is 1. The zero-order chi connectivity index (χ0) is 19.3. The number of amides is 1. The summed E-state index contributed by atoms with van der Waals surface area (Å²) in [7, 11) is 0. The number of hydrogen-bond acceptors (Lipinski definition) is 5. The number of primary amides is 1. The number of anilines is 3. The van der Waals surface area contributed by atoms with Gasteiger partial charge in [-0.15, -0.1) is 0 Å². The van der Waals surface area contributed by atoms with E-state index in [9.17, 15) is 9.90 Å². The Morgan fingerprint density at radius 1 is 1.14 bits per heavy atom. The van der Waals surface area contributed by atoms with E-state index in [1.807, 2.05) is 36.4 Å². The van der Waals surface area contributed by atoms with Crippen LogP contribution < -0.4 is 16.4 Å². The molecule has 2 aromatic rings. The van der Waals surface area contributed by atoms with E-state index in [4.69, 9.17) is 5.73 Å². The van der Waals surface area contributed by atoms with Gasteiger partial charge in [0, 0.05) is 24.0 Å². The summed E-state index contributed by atoms with van der Waals surface area (Å²) >= 11 is 0. The van der Waals surface area contributed by atoms with Gasteiger partial charge in [0.25, 0.3) is 5.91 Å². The molecule has 4 aliphatic carbocycles. The van der Waals surface area contributed by atoms with Crippen LogP contribution in [0.4, 0.5) is 17.2 Å². The molecule has 1 heterocycles. The molecular formula is C22H26N4O2. The van der Waals surface area contributed by atoms with E-state index in [0.717, 1.165) is 43.5 Å². The summed E-state index contributed by atoms with van der Waals surface area (Å²) in [6, 6.07) is 11.9. The number of benzene rings is 1. The summed E-state index contributed by atoms with van der Waals surface area (Å²) in [4.78, 5) is 16.3. The molecule has 4 fully saturated rings. The van der Waals surface area contributed by atoms with Crippen LogP contribution in [0, 0.1) is 17.8 Å². The van der Waals surface area contributed by atoms with Crippen LogP contribution in [0.2, 0.25) is 0 Å². The third kappa shape index (κ3) is 3.11. The molecule has 6 heteroatoms. The number of hydrogen-bond donors (Lipinski definition) is 4. The Kier molecular flexibility index (Phi) is 4.05. The number of pyridine rings is 1. The minimum atomic E-state index is -0.483. The lowest BCUT2D eigenvalue weighted by Gasteiger charge is -2.58. The predicted molar refractivity (Wildman–Crippen MR) is 108 cm³/mol. The maximum atomic E-state index is 12.0. The number of rotatable bonds is 5. The zero-order valence-corrected chi connectivity index (χ0v) is 15.8. The first kappa shape index (κ1) is 17.5. The summed E-state index contributed by atoms with van der Waals surface area (Å²) in [5, 5.41) is 17.7. The topological polar surface area (TPSA) is 100 Å². The number of nitrogens with two attached hydrogens (primary N) is 1. The molecule has 0 spiro atoms. The molecule has 6 nitrogen and oxygen atoms in total. The van der Waals surface area contributed by atoms with Crippen LogP contribution in [-0.4, -0.2) is 27.6 Å². The summed E-state index contributed by atoms with van der Waals surface area (Å²) in [5.74, 6) is 1.71. The molecule has 4 bridgehead atoms. The SMILES string of the molecule is NC(=O)c1cnc(Nc2ccccc2)cc1N[C@@H]1[C@@H]2C[C@@H]3C[C@H]1C[C@@](O)(C3)C2. The van der Waals surface area contributed by atoms with Gasteiger partial charge in [-0.05, 0) is 62.0 Å². The van der Waals surface area contributed by atoms with Crippen molar-refractivity contribution in [2.75, 3.05) is 10.6 Å². The highest BCUT2D eigenvalue weighted by molar-refractivity contribution is 5.98. The van der Waals surface area contributed by atoms with Crippen LogP contribution in [0.1, 0.15) is 42.5 Å². The molecule has 4 aliphatic rings. The van der Waals surface area contributed by atoms with Crippen LogP contribution >= 0.6 is 0 Å². The van der Waals surface area contributed by atoms with Crippen molar-refractivity contribution in [3.8, 4) is 0 Å². The van der Waals surface area contributed by atoms with Gasteiger partial charge in [0.2, 0.25) is 0 Å². The van der Waals surface area contributed by atoms with Gasteiger partial charge >= 0.3 is 0 Å². The number of aromatic nitrogens is 1. The summed E-state index contributed by atoms with van der Waals surface area (Å²) in [5.41, 5.74) is 7.21. The highest BCUT2D eigenvalue weighted by atomic mass is 16.3. The van der Waals surface area contributed by atoms with Gasteiger partial charge in [-0.1, -0.05) is 18.2 Å². The van der Waals surface area contributed by atoms with E-state index in [0.29, 0.717) is 29.1 Å². The van der Waals surface area contributed by atoms with Crippen LogP contribution in [0.5, 0.6) is 0 Å². The van der Waals surface area contributed by atoms with E-state index >= 15 is 0 Å². The molecule has 28 heavy (non-hydrogen) atoms. The smallest absolute Gasteiger partial charge is 0.252 e. The molecule has 1 amide bonds. The molecule has 4 saturated carbocycles. The molecule has 6 rings (SSSR count). The molecule has 0 saturated heterocycles. The molecule has 1 aromatic carbocycles. The first-order chi connectivity index (χ1) is 13.5. The third-order valence-electron chi connectivity index (χ3n) is 6.78. The van der Waals surface area contributed by atoms with Crippen molar-refractivity contribution in [3.63, 3.8) is 0 Å². The minimum Gasteiger partial charge on any atom is -0.390 e. The van der Waals surface area contributed by atoms with Gasteiger partial charge in [0.05, 0.1) is 16.9 Å². The minimum absolute atomic E-state index is 0.266. The van der Waals surface area contributed by atoms with Crippen LogP contribution in [0.15, 0.2) is 42.6 Å². The maximum absolute atomic E-state index is 12.0. The molecule has 0 unspecified atom stereocenters. The fourth-order valence-corrected chi connectivity index (χ4v) is 5.91. The number of para-hydroxylation sites is 1. The van der Waals surface area contributed by atoms with Gasteiger partial charge in [-0.2, -0.15) is 0 Å². The van der Waals surface area contributed by atoms with Crippen molar-refractivity contribution in [1.29, 1.82) is 0 Å². The maximum Gasteiger partial charge on any atom is 0.252 e. The summed E-state index contributed by atoms with van der Waals surface area (Å²) in [6.45, 7) is 0. The van der Waals surface area contributed by atoms with Crippen LogP contribution in [0.3, 0.4) is 0 Å². The molecule has 146 valence electrons. The van der Waals surface area contributed by atoms with Crippen molar-refractivity contribution in [3.05, 3.63) is 48.2 Å². The number of nitrogens with zero attached hydrogens (tertiary/aromatic N) is 1. The van der Waals surface area contributed by atoms with Gasteiger partial charge in [0.1, 0.15) is 5.82 Å². The highest BCUT2D eigenvalue weighted by Gasteiger charge is 2.54. The predicted octanol–water partition coefficient (Wildman–Crippen LogP) is 3.28. The standard InChI is InChI=1S/C22H26N4O2/c23-21(27)17-12-24-19(25-16-4-2-1-3-5-16)8-18(17)26-20-14-6-13-7-15(20)11-22(28,9-13)10-14/h1-5,8,12-15,20,28H,6-7,9-11H2,(H2,23,27)(H2,24,25,26)/t13-,14-,15+,20-,22-. The quantitative estimate of drug-likeness (QED) is 0.640. The Balaban J connectivity index is 1.42. The molecule has 0 radical (unpaired) electrons. The summed E-state index contributed by atoms with van der Waals surface area (Å²) < 4.78 is 0. The van der Waals surface area contributed by atoms with Crippen molar-refractivity contribution in [2.24, 2.45) is 23.5 Å². The fourth-order valence-electron chi connectivity index (χ4n) is 5.91. The Morgan fingerprint density at radius 2 is 1.86 bits per heavy atom. The Morgan fingerprint density at radius 3 is 2.50 bits per heavy atom. The first-order valence-corrected chi connectivity index (χ1v) is 10.1. The lowest BCUT2D eigenvalue weighted by molar-refractivity contribution is -0.129. The van der Waals surface area contributed by atoms with Gasteiger partial charge in [-0.3, -0.25) is 4.79 Å². The van der Waals surface area contributed by atoms with Gasteiger partial charge in [0.15, 0.2) is 0 Å². The van der Waals surface area contributed by atoms with Crippen molar-refractivity contribution in [1.82, 2.24) is 4.98 Å². The second-order valence-corrected chi connectivity index (χ2v) is 8.83. The molecule has 5 N–H and O–H groups in total. The largest absolute Gasteiger partial charge is 0.390 e. The average molecular weight is 378 g/mol. The van der Waals surface area contributed by atoms with E-state index in [1.165, 1.54) is 0 Å². The van der Waals surface area contributed by atoms with Crippen molar-refractivity contribution in [2.45, 2.75) is 43.7 Å². The number of carbonyl (C=O) groups excluding carboxylic acids is 1. The Labute approximate surface area is 164 Å². The number of nitrogens with one attached hydrogen (secondary N) is 2. The van der Waals surface area contributed by atoms with E-state index in [2.05, 4.69) is 15.6 Å². The second-order valence-electron chi connectivity index (χ2n) is 8.83. The van der Waals surface area contributed by atoms with Gasteiger partial charge < -0.3 is 21.5 Å². The monoisotopic (exact) mass is 378 g/mol. The van der Waals surface area contributed by atoms with E-state index in [-0.39, 0.29) is 6.04 Å². The van der Waals surface area contributed by atoms with Crippen LogP contribution in [-0.2, 0) is 0 Å². The molecule has 0 aliphatic heterocycles. The normalized spacial score (nSPS) is 32.9. The van der Waals surface area contributed by atoms with Crippen molar-refractivity contribution < 1.29 is 9.90 Å². The first-order valence-electron chi connectivity index (χ1n) is 10.1. The third-order valence-corrected chi connectivity index (χ3v) is 6.78.